The lowest BCUT2D eigenvalue weighted by atomic mass is 10.0. The number of fused-ring (bicyclic) bond motifs is 1. The van der Waals surface area contributed by atoms with Gasteiger partial charge < -0.3 is 9.47 Å². The number of piperidine rings is 1. The van der Waals surface area contributed by atoms with Crippen LogP contribution in [0.5, 0.6) is 0 Å². The highest BCUT2D eigenvalue weighted by Crippen LogP contribution is 2.24. The van der Waals surface area contributed by atoms with E-state index in [0.717, 1.165) is 36.8 Å². The van der Waals surface area contributed by atoms with Gasteiger partial charge in [-0.25, -0.2) is 4.98 Å². The van der Waals surface area contributed by atoms with Crippen LogP contribution in [0.1, 0.15) is 29.2 Å². The lowest BCUT2D eigenvalue weighted by molar-refractivity contribution is 0.0681. The van der Waals surface area contributed by atoms with Crippen LogP contribution in [-0.4, -0.2) is 38.4 Å². The molecule has 1 saturated heterocycles. The van der Waals surface area contributed by atoms with E-state index in [1.807, 2.05) is 47.8 Å². The van der Waals surface area contributed by atoms with Crippen LogP contribution in [0.4, 0.5) is 0 Å². The van der Waals surface area contributed by atoms with E-state index in [1.54, 1.807) is 12.4 Å². The molecule has 1 amide bonds. The zero-order valence-corrected chi connectivity index (χ0v) is 12.8. The first-order valence-corrected chi connectivity index (χ1v) is 7.93. The molecule has 116 valence electrons. The minimum absolute atomic E-state index is 0.0686. The Morgan fingerprint density at radius 3 is 2.96 bits per heavy atom. The Balaban J connectivity index is 1.63. The minimum Gasteiger partial charge on any atom is -0.337 e. The fraction of sp³-hybridized carbons (Fsp3) is 0.278. The number of imidazole rings is 1. The van der Waals surface area contributed by atoms with Gasteiger partial charge in [-0.05, 0) is 25.0 Å². The Kier molecular flexibility index (Phi) is 3.54. The van der Waals surface area contributed by atoms with E-state index in [9.17, 15) is 4.79 Å². The second-order valence-electron chi connectivity index (χ2n) is 5.94. The quantitative estimate of drug-likeness (QED) is 0.731. The van der Waals surface area contributed by atoms with E-state index in [4.69, 9.17) is 0 Å². The molecule has 5 nitrogen and oxygen atoms in total. The summed E-state index contributed by atoms with van der Waals surface area (Å²) in [6.45, 7) is 1.52. The van der Waals surface area contributed by atoms with Crippen LogP contribution >= 0.6 is 0 Å². The van der Waals surface area contributed by atoms with E-state index >= 15 is 0 Å². The van der Waals surface area contributed by atoms with Crippen LogP contribution in [-0.2, 0) is 0 Å². The molecule has 0 saturated carbocycles. The van der Waals surface area contributed by atoms with Gasteiger partial charge in [-0.3, -0.25) is 9.78 Å². The average molecular weight is 306 g/mol. The maximum Gasteiger partial charge on any atom is 0.256 e. The number of hydrogen-bond donors (Lipinski definition) is 0. The third kappa shape index (κ3) is 2.59. The molecule has 3 aromatic rings. The zero-order valence-electron chi connectivity index (χ0n) is 12.8. The standard InChI is InChI=1S/C18H18N4O/c23-18(16-7-1-4-14-5-2-8-20-17(14)16)21-10-3-6-15(12-21)22-11-9-19-13-22/h1-2,4-5,7-9,11,13,15H,3,6,10,12H2/t15-/m1/s1. The Morgan fingerprint density at radius 2 is 2.09 bits per heavy atom. The topological polar surface area (TPSA) is 51.0 Å². The molecule has 23 heavy (non-hydrogen) atoms. The summed E-state index contributed by atoms with van der Waals surface area (Å²) < 4.78 is 2.10. The molecule has 0 unspecified atom stereocenters. The van der Waals surface area contributed by atoms with Crippen LogP contribution in [0.25, 0.3) is 10.9 Å². The number of nitrogens with zero attached hydrogens (tertiary/aromatic N) is 4. The van der Waals surface area contributed by atoms with Crippen LogP contribution in [0.15, 0.2) is 55.2 Å². The van der Waals surface area contributed by atoms with Crippen LogP contribution in [0.2, 0.25) is 0 Å². The summed E-state index contributed by atoms with van der Waals surface area (Å²) in [5.41, 5.74) is 1.47. The maximum absolute atomic E-state index is 13.0. The van der Waals surface area contributed by atoms with Crippen LogP contribution in [0, 0.1) is 0 Å². The third-order valence-corrected chi connectivity index (χ3v) is 4.49. The van der Waals surface area contributed by atoms with Gasteiger partial charge in [0.15, 0.2) is 0 Å². The van der Waals surface area contributed by atoms with Gasteiger partial charge in [0.25, 0.3) is 5.91 Å². The lowest BCUT2D eigenvalue weighted by Crippen LogP contribution is -2.40. The van der Waals surface area contributed by atoms with Gasteiger partial charge >= 0.3 is 0 Å². The van der Waals surface area contributed by atoms with Gasteiger partial charge in [-0.1, -0.05) is 18.2 Å². The Hall–Kier alpha value is -2.69. The predicted molar refractivity (Wildman–Crippen MR) is 88.1 cm³/mol. The molecule has 1 aliphatic heterocycles. The van der Waals surface area contributed by atoms with Crippen LogP contribution < -0.4 is 0 Å². The van der Waals surface area contributed by atoms with E-state index in [1.165, 1.54) is 0 Å². The van der Waals surface area contributed by atoms with E-state index in [0.29, 0.717) is 11.6 Å². The first-order chi connectivity index (χ1) is 11.3. The van der Waals surface area contributed by atoms with Crippen molar-refractivity contribution in [2.24, 2.45) is 0 Å². The predicted octanol–water partition coefficient (Wildman–Crippen LogP) is 2.91. The Bertz CT molecular complexity index is 823. The molecule has 0 bridgehead atoms. The largest absolute Gasteiger partial charge is 0.337 e. The van der Waals surface area contributed by atoms with E-state index in [-0.39, 0.29) is 5.91 Å². The fourth-order valence-electron chi connectivity index (χ4n) is 3.32. The third-order valence-electron chi connectivity index (χ3n) is 4.49. The van der Waals surface area contributed by atoms with Crippen molar-refractivity contribution in [2.45, 2.75) is 18.9 Å². The van der Waals surface area contributed by atoms with Gasteiger partial charge in [-0.15, -0.1) is 0 Å². The second-order valence-corrected chi connectivity index (χ2v) is 5.94. The summed E-state index contributed by atoms with van der Waals surface area (Å²) in [7, 11) is 0. The maximum atomic E-state index is 13.0. The fourth-order valence-corrected chi connectivity index (χ4v) is 3.32. The van der Waals surface area contributed by atoms with Crippen molar-refractivity contribution < 1.29 is 4.79 Å². The van der Waals surface area contributed by atoms with E-state index < -0.39 is 0 Å². The molecule has 0 aliphatic carbocycles. The molecule has 0 N–H and O–H groups in total. The summed E-state index contributed by atoms with van der Waals surface area (Å²) in [6, 6.07) is 9.98. The number of rotatable bonds is 2. The van der Waals surface area contributed by atoms with Crippen LogP contribution in [0.3, 0.4) is 0 Å². The average Bonchev–Trinajstić information content (AvgIpc) is 3.15. The highest BCUT2D eigenvalue weighted by atomic mass is 16.2. The molecule has 1 aliphatic rings. The second kappa shape index (κ2) is 5.83. The number of aromatic nitrogens is 3. The summed E-state index contributed by atoms with van der Waals surface area (Å²) in [6.07, 6.45) is 9.41. The normalized spacial score (nSPS) is 18.3. The number of hydrogen-bond acceptors (Lipinski definition) is 3. The molecular weight excluding hydrogens is 288 g/mol. The van der Waals surface area contributed by atoms with Crippen molar-refractivity contribution in [3.63, 3.8) is 0 Å². The van der Waals surface area contributed by atoms with Crippen molar-refractivity contribution in [3.8, 4) is 0 Å². The zero-order chi connectivity index (χ0) is 15.6. The van der Waals surface area contributed by atoms with Crippen molar-refractivity contribution >= 4 is 16.8 Å². The van der Waals surface area contributed by atoms with E-state index in [2.05, 4.69) is 14.5 Å². The number of amides is 1. The molecule has 4 rings (SSSR count). The first-order valence-electron chi connectivity index (χ1n) is 7.93. The lowest BCUT2D eigenvalue weighted by Gasteiger charge is -2.33. The number of carbonyl (C=O) groups is 1. The number of para-hydroxylation sites is 1. The van der Waals surface area contributed by atoms with Crippen molar-refractivity contribution in [1.82, 2.24) is 19.4 Å². The molecule has 1 fully saturated rings. The highest BCUT2D eigenvalue weighted by molar-refractivity contribution is 6.05. The van der Waals surface area contributed by atoms with Crippen molar-refractivity contribution in [2.75, 3.05) is 13.1 Å². The molecular formula is C18H18N4O. The van der Waals surface area contributed by atoms with Crippen molar-refractivity contribution in [1.29, 1.82) is 0 Å². The van der Waals surface area contributed by atoms with Gasteiger partial charge in [-0.2, -0.15) is 0 Å². The van der Waals surface area contributed by atoms with Gasteiger partial charge in [0, 0.05) is 37.1 Å². The van der Waals surface area contributed by atoms with Gasteiger partial charge in [0.05, 0.1) is 23.4 Å². The molecule has 5 heteroatoms. The van der Waals surface area contributed by atoms with Gasteiger partial charge in [0.2, 0.25) is 0 Å². The minimum atomic E-state index is 0.0686. The number of pyridine rings is 1. The van der Waals surface area contributed by atoms with Crippen molar-refractivity contribution in [3.05, 3.63) is 60.8 Å². The monoisotopic (exact) mass is 306 g/mol. The molecule has 0 spiro atoms. The smallest absolute Gasteiger partial charge is 0.256 e. The first kappa shape index (κ1) is 13.9. The summed E-state index contributed by atoms with van der Waals surface area (Å²) >= 11 is 0. The van der Waals surface area contributed by atoms with Gasteiger partial charge in [0.1, 0.15) is 0 Å². The summed E-state index contributed by atoms with van der Waals surface area (Å²) in [5, 5.41) is 1.00. The molecule has 0 radical (unpaired) electrons. The Labute approximate surface area is 134 Å². The summed E-state index contributed by atoms with van der Waals surface area (Å²) in [5.74, 6) is 0.0686. The highest BCUT2D eigenvalue weighted by Gasteiger charge is 2.26. The molecule has 2 aromatic heterocycles. The number of likely N-dealkylation sites (tertiary alicyclic amines) is 1. The molecule has 1 aromatic carbocycles. The Morgan fingerprint density at radius 1 is 1.17 bits per heavy atom. The number of carbonyl (C=O) groups excluding carboxylic acids is 1. The molecule has 3 heterocycles. The SMILES string of the molecule is O=C(c1cccc2cccnc12)N1CCC[C@@H](n2ccnc2)C1. The summed E-state index contributed by atoms with van der Waals surface area (Å²) in [4.78, 5) is 23.5. The molecule has 1 atom stereocenters. The number of benzene rings is 1.